The molecule has 6 nitrogen and oxygen atoms in total. The van der Waals surface area contributed by atoms with E-state index in [1.807, 2.05) is 44.2 Å². The summed E-state index contributed by atoms with van der Waals surface area (Å²) in [6.07, 6.45) is 0. The van der Waals surface area contributed by atoms with E-state index >= 15 is 0 Å². The lowest BCUT2D eigenvalue weighted by Gasteiger charge is -2.35. The molecule has 1 aromatic heterocycles. The van der Waals surface area contributed by atoms with Crippen molar-refractivity contribution in [3.05, 3.63) is 106 Å². The van der Waals surface area contributed by atoms with E-state index in [0.29, 0.717) is 33.4 Å². The molecule has 0 radical (unpaired) electrons. The second-order valence-corrected chi connectivity index (χ2v) is 8.91. The zero-order chi connectivity index (χ0) is 24.7. The number of rotatable bonds is 4. The predicted octanol–water partition coefficient (Wildman–Crippen LogP) is 6.85. The molecular formula is C27H22ClFN4O2. The Morgan fingerprint density at radius 3 is 2.54 bits per heavy atom. The van der Waals surface area contributed by atoms with Gasteiger partial charge in [-0.25, -0.2) is 9.18 Å². The lowest BCUT2D eigenvalue weighted by molar-refractivity contribution is 0.244. The second kappa shape index (κ2) is 9.00. The number of urea groups is 1. The number of halogens is 2. The summed E-state index contributed by atoms with van der Waals surface area (Å²) in [7, 11) is 0. The van der Waals surface area contributed by atoms with Crippen LogP contribution < -0.4 is 10.2 Å². The van der Waals surface area contributed by atoms with Gasteiger partial charge in [0.05, 0.1) is 17.3 Å². The third kappa shape index (κ3) is 4.31. The van der Waals surface area contributed by atoms with E-state index in [-0.39, 0.29) is 11.9 Å². The van der Waals surface area contributed by atoms with Crippen LogP contribution >= 0.6 is 11.6 Å². The van der Waals surface area contributed by atoms with Crippen molar-refractivity contribution in [1.82, 2.24) is 15.5 Å². The summed E-state index contributed by atoms with van der Waals surface area (Å²) in [5.74, 6) is 0.180. The molecule has 0 spiro atoms. The standard InChI is InChI=1S/C27H22ClFN4O2/c1-15-10-11-18(12-16(15)2)24-23(26-31-25(32-35-26)19-6-4-7-20(28)13-19)17(3)33(27(34)30-24)22-9-5-8-21(29)14-22/h4-14,24H,1-3H3,(H,30,34). The quantitative estimate of drug-likeness (QED) is 0.341. The number of carbonyl (C=O) groups excluding carboxylic acids is 1. The Morgan fingerprint density at radius 1 is 1.00 bits per heavy atom. The fourth-order valence-corrected chi connectivity index (χ4v) is 4.41. The van der Waals surface area contributed by atoms with Crippen LogP contribution in [0.1, 0.15) is 35.5 Å². The van der Waals surface area contributed by atoms with Crippen molar-refractivity contribution in [2.75, 3.05) is 4.90 Å². The van der Waals surface area contributed by atoms with Gasteiger partial charge in [-0.05, 0) is 67.8 Å². The van der Waals surface area contributed by atoms with Gasteiger partial charge in [-0.1, -0.05) is 53.2 Å². The molecule has 0 saturated carbocycles. The number of hydrogen-bond donors (Lipinski definition) is 1. The summed E-state index contributed by atoms with van der Waals surface area (Å²) in [5, 5.41) is 7.76. The van der Waals surface area contributed by atoms with Gasteiger partial charge in [0.15, 0.2) is 0 Å². The van der Waals surface area contributed by atoms with E-state index in [4.69, 9.17) is 16.1 Å². The van der Waals surface area contributed by atoms with Gasteiger partial charge < -0.3 is 9.84 Å². The minimum atomic E-state index is -0.542. The average Bonchev–Trinajstić information content (AvgIpc) is 3.30. The van der Waals surface area contributed by atoms with Gasteiger partial charge in [0, 0.05) is 16.3 Å². The van der Waals surface area contributed by atoms with Crippen molar-refractivity contribution >= 4 is 28.9 Å². The maximum Gasteiger partial charge on any atom is 0.327 e. The maximum absolute atomic E-state index is 14.0. The number of carbonyl (C=O) groups is 1. The number of anilines is 1. The van der Waals surface area contributed by atoms with E-state index in [1.54, 1.807) is 31.2 Å². The molecule has 4 aromatic rings. The molecular weight excluding hydrogens is 467 g/mol. The van der Waals surface area contributed by atoms with Crippen molar-refractivity contribution in [1.29, 1.82) is 0 Å². The SMILES string of the molecule is CC1=C(c2nc(-c3cccc(Cl)c3)no2)C(c2ccc(C)c(C)c2)NC(=O)N1c1cccc(F)c1. The zero-order valence-electron chi connectivity index (χ0n) is 19.3. The van der Waals surface area contributed by atoms with E-state index in [2.05, 4.69) is 15.5 Å². The Morgan fingerprint density at radius 2 is 1.80 bits per heavy atom. The Bertz CT molecular complexity index is 1480. The summed E-state index contributed by atoms with van der Waals surface area (Å²) in [4.78, 5) is 19.3. The Labute approximate surface area is 207 Å². The molecule has 2 amide bonds. The average molecular weight is 489 g/mol. The monoisotopic (exact) mass is 488 g/mol. The normalized spacial score (nSPS) is 16.0. The maximum atomic E-state index is 14.0. The van der Waals surface area contributed by atoms with Crippen LogP contribution in [0, 0.1) is 19.7 Å². The molecule has 35 heavy (non-hydrogen) atoms. The van der Waals surface area contributed by atoms with Gasteiger partial charge in [-0.15, -0.1) is 0 Å². The van der Waals surface area contributed by atoms with Crippen molar-refractivity contribution in [2.24, 2.45) is 0 Å². The number of amides is 2. The van der Waals surface area contributed by atoms with Crippen molar-refractivity contribution in [3.63, 3.8) is 0 Å². The number of nitrogens with zero attached hydrogens (tertiary/aromatic N) is 3. The fraction of sp³-hybridized carbons (Fsp3) is 0.148. The van der Waals surface area contributed by atoms with Crippen molar-refractivity contribution in [3.8, 4) is 11.4 Å². The van der Waals surface area contributed by atoms with E-state index in [0.717, 1.165) is 16.7 Å². The number of allylic oxidation sites excluding steroid dienone is 1. The van der Waals surface area contributed by atoms with Crippen LogP contribution in [0.5, 0.6) is 0 Å². The Kier molecular flexibility index (Phi) is 5.86. The summed E-state index contributed by atoms with van der Waals surface area (Å²) in [5.41, 5.74) is 5.38. The summed E-state index contributed by atoms with van der Waals surface area (Å²) < 4.78 is 19.7. The molecule has 1 aliphatic rings. The van der Waals surface area contributed by atoms with Gasteiger partial charge >= 0.3 is 6.03 Å². The predicted molar refractivity (Wildman–Crippen MR) is 133 cm³/mol. The van der Waals surface area contributed by atoms with E-state index in [1.165, 1.54) is 17.0 Å². The van der Waals surface area contributed by atoms with Crippen LogP contribution in [0.25, 0.3) is 17.0 Å². The largest absolute Gasteiger partial charge is 0.334 e. The highest BCUT2D eigenvalue weighted by Crippen LogP contribution is 2.39. The molecule has 1 aliphatic heterocycles. The van der Waals surface area contributed by atoms with Gasteiger partial charge in [-0.3, -0.25) is 4.90 Å². The molecule has 2 heterocycles. The van der Waals surface area contributed by atoms with Crippen molar-refractivity contribution in [2.45, 2.75) is 26.8 Å². The van der Waals surface area contributed by atoms with Crippen LogP contribution in [-0.4, -0.2) is 16.2 Å². The summed E-state index contributed by atoms with van der Waals surface area (Å²) >= 11 is 6.14. The molecule has 5 rings (SSSR count). The lowest BCUT2D eigenvalue weighted by Crippen LogP contribution is -2.46. The Hall–Kier alpha value is -3.97. The minimum Gasteiger partial charge on any atom is -0.334 e. The highest BCUT2D eigenvalue weighted by molar-refractivity contribution is 6.30. The van der Waals surface area contributed by atoms with Gasteiger partial charge in [-0.2, -0.15) is 4.98 Å². The van der Waals surface area contributed by atoms with Gasteiger partial charge in [0.25, 0.3) is 5.89 Å². The summed E-state index contributed by atoms with van der Waals surface area (Å²) in [6, 6.07) is 18.1. The molecule has 3 aromatic carbocycles. The van der Waals surface area contributed by atoms with Crippen LogP contribution in [0.15, 0.2) is 77.0 Å². The van der Waals surface area contributed by atoms with Crippen LogP contribution in [0.2, 0.25) is 5.02 Å². The Balaban J connectivity index is 1.68. The third-order valence-electron chi connectivity index (χ3n) is 6.15. The zero-order valence-corrected chi connectivity index (χ0v) is 20.1. The van der Waals surface area contributed by atoms with Gasteiger partial charge in [0.1, 0.15) is 5.82 Å². The second-order valence-electron chi connectivity index (χ2n) is 8.47. The number of aryl methyl sites for hydroxylation is 2. The molecule has 1 N–H and O–H groups in total. The fourth-order valence-electron chi connectivity index (χ4n) is 4.22. The minimum absolute atomic E-state index is 0.252. The molecule has 0 saturated heterocycles. The molecule has 8 heteroatoms. The molecule has 0 fully saturated rings. The molecule has 0 aliphatic carbocycles. The van der Waals surface area contributed by atoms with Gasteiger partial charge in [0.2, 0.25) is 5.82 Å². The van der Waals surface area contributed by atoms with Crippen molar-refractivity contribution < 1.29 is 13.7 Å². The molecule has 0 bridgehead atoms. The number of aromatic nitrogens is 2. The highest BCUT2D eigenvalue weighted by Gasteiger charge is 2.36. The first-order valence-electron chi connectivity index (χ1n) is 11.1. The lowest BCUT2D eigenvalue weighted by atomic mass is 9.92. The smallest absolute Gasteiger partial charge is 0.327 e. The highest BCUT2D eigenvalue weighted by atomic mass is 35.5. The summed E-state index contributed by atoms with van der Waals surface area (Å²) in [6.45, 7) is 5.83. The van der Waals surface area contributed by atoms with E-state index in [9.17, 15) is 9.18 Å². The molecule has 176 valence electrons. The molecule has 1 atom stereocenters. The first kappa shape index (κ1) is 22.8. The number of nitrogens with one attached hydrogen (secondary N) is 1. The number of benzene rings is 3. The first-order valence-corrected chi connectivity index (χ1v) is 11.4. The third-order valence-corrected chi connectivity index (χ3v) is 6.39. The molecule has 1 unspecified atom stereocenters. The first-order chi connectivity index (χ1) is 16.8. The van der Waals surface area contributed by atoms with E-state index < -0.39 is 11.9 Å². The van der Waals surface area contributed by atoms with Crippen LogP contribution in [0.3, 0.4) is 0 Å². The van der Waals surface area contributed by atoms with Crippen LogP contribution in [0.4, 0.5) is 14.9 Å². The number of hydrogen-bond acceptors (Lipinski definition) is 4. The van der Waals surface area contributed by atoms with Crippen LogP contribution in [-0.2, 0) is 0 Å². The topological polar surface area (TPSA) is 71.3 Å².